The lowest BCUT2D eigenvalue weighted by molar-refractivity contribution is -0.132. The Labute approximate surface area is 119 Å². The number of hydrogen-bond donors (Lipinski definition) is 2. The van der Waals surface area contributed by atoms with E-state index in [4.69, 9.17) is 0 Å². The van der Waals surface area contributed by atoms with Gasteiger partial charge in [0, 0.05) is 17.2 Å². The standard InChI is InChI=1S/C16H23N3O/c1-8-9(2)18-19-15(8)17-16(20)14-12-4-10-3-11(6-12)7-13(14)5-10/h10-14H,3-7H2,1-2H3,(H2,17,18,19,20). The molecule has 4 nitrogen and oxygen atoms in total. The number of carbonyl (C=O) groups is 1. The highest BCUT2D eigenvalue weighted by Crippen LogP contribution is 2.56. The second-order valence-electron chi connectivity index (χ2n) is 7.27. The minimum Gasteiger partial charge on any atom is -0.309 e. The third kappa shape index (κ3) is 1.80. The molecule has 4 aliphatic rings. The van der Waals surface area contributed by atoms with Gasteiger partial charge in [-0.2, -0.15) is 5.10 Å². The molecule has 0 unspecified atom stereocenters. The molecule has 4 bridgehead atoms. The fourth-order valence-corrected chi connectivity index (χ4v) is 5.16. The van der Waals surface area contributed by atoms with Crippen LogP contribution in [0.1, 0.15) is 43.4 Å². The fraction of sp³-hybridized carbons (Fsp3) is 0.750. The van der Waals surface area contributed by atoms with Gasteiger partial charge in [0.2, 0.25) is 5.91 Å². The number of anilines is 1. The van der Waals surface area contributed by atoms with E-state index < -0.39 is 0 Å². The average molecular weight is 273 g/mol. The molecule has 0 aromatic carbocycles. The second kappa shape index (κ2) is 4.34. The number of aromatic amines is 1. The molecule has 1 amide bonds. The first kappa shape index (κ1) is 12.4. The number of carbonyl (C=O) groups excluding carboxylic acids is 1. The predicted octanol–water partition coefficient (Wildman–Crippen LogP) is 3.04. The van der Waals surface area contributed by atoms with E-state index in [0.717, 1.165) is 28.9 Å². The summed E-state index contributed by atoms with van der Waals surface area (Å²) in [5.41, 5.74) is 2.09. The molecule has 1 aromatic rings. The molecule has 20 heavy (non-hydrogen) atoms. The summed E-state index contributed by atoms with van der Waals surface area (Å²) in [7, 11) is 0. The number of rotatable bonds is 2. The lowest BCUT2D eigenvalue weighted by Gasteiger charge is -2.53. The number of hydrogen-bond acceptors (Lipinski definition) is 2. The second-order valence-corrected chi connectivity index (χ2v) is 7.27. The lowest BCUT2D eigenvalue weighted by Crippen LogP contribution is -2.49. The third-order valence-electron chi connectivity index (χ3n) is 6.02. The lowest BCUT2D eigenvalue weighted by atomic mass is 9.51. The molecule has 2 N–H and O–H groups in total. The highest BCUT2D eigenvalue weighted by molar-refractivity contribution is 5.93. The first-order valence-electron chi connectivity index (χ1n) is 7.94. The van der Waals surface area contributed by atoms with Gasteiger partial charge in [-0.15, -0.1) is 0 Å². The van der Waals surface area contributed by atoms with Crippen LogP contribution < -0.4 is 5.32 Å². The molecule has 4 aliphatic carbocycles. The minimum atomic E-state index is 0.216. The number of amides is 1. The summed E-state index contributed by atoms with van der Waals surface area (Å²) < 4.78 is 0. The van der Waals surface area contributed by atoms with Crippen molar-refractivity contribution in [3.63, 3.8) is 0 Å². The Bertz CT molecular complexity index is 520. The molecule has 108 valence electrons. The Morgan fingerprint density at radius 2 is 1.70 bits per heavy atom. The van der Waals surface area contributed by atoms with E-state index in [0.29, 0.717) is 11.8 Å². The topological polar surface area (TPSA) is 57.8 Å². The van der Waals surface area contributed by atoms with E-state index in [1.54, 1.807) is 0 Å². The van der Waals surface area contributed by atoms with Gasteiger partial charge in [0.1, 0.15) is 0 Å². The van der Waals surface area contributed by atoms with Crippen LogP contribution in [-0.2, 0) is 4.79 Å². The van der Waals surface area contributed by atoms with Crippen molar-refractivity contribution < 1.29 is 4.79 Å². The van der Waals surface area contributed by atoms with Gasteiger partial charge in [0.25, 0.3) is 0 Å². The van der Waals surface area contributed by atoms with Gasteiger partial charge < -0.3 is 5.32 Å². The Morgan fingerprint density at radius 1 is 1.10 bits per heavy atom. The van der Waals surface area contributed by atoms with E-state index in [-0.39, 0.29) is 11.8 Å². The van der Waals surface area contributed by atoms with Gasteiger partial charge in [-0.25, -0.2) is 0 Å². The van der Waals surface area contributed by atoms with E-state index in [9.17, 15) is 4.79 Å². The Hall–Kier alpha value is -1.32. The first-order chi connectivity index (χ1) is 9.61. The number of nitrogens with one attached hydrogen (secondary N) is 2. The average Bonchev–Trinajstić information content (AvgIpc) is 2.69. The van der Waals surface area contributed by atoms with Crippen LogP contribution in [0.5, 0.6) is 0 Å². The van der Waals surface area contributed by atoms with Gasteiger partial charge in [-0.1, -0.05) is 0 Å². The van der Waals surface area contributed by atoms with Crippen LogP contribution in [-0.4, -0.2) is 16.1 Å². The van der Waals surface area contributed by atoms with Crippen LogP contribution in [0.25, 0.3) is 0 Å². The van der Waals surface area contributed by atoms with Crippen LogP contribution >= 0.6 is 0 Å². The molecular weight excluding hydrogens is 250 g/mol. The van der Waals surface area contributed by atoms with Gasteiger partial charge in [0.05, 0.1) is 0 Å². The quantitative estimate of drug-likeness (QED) is 0.870. The Kier molecular flexibility index (Phi) is 2.69. The number of aryl methyl sites for hydroxylation is 1. The molecule has 0 spiro atoms. The van der Waals surface area contributed by atoms with Gasteiger partial charge in [-0.05, 0) is 69.6 Å². The summed E-state index contributed by atoms with van der Waals surface area (Å²) in [5.74, 6) is 4.26. The molecule has 4 fully saturated rings. The zero-order chi connectivity index (χ0) is 13.9. The molecule has 4 saturated carbocycles. The molecular formula is C16H23N3O. The van der Waals surface area contributed by atoms with Crippen molar-refractivity contribution in [3.8, 4) is 0 Å². The fourth-order valence-electron chi connectivity index (χ4n) is 5.16. The van der Waals surface area contributed by atoms with Crippen LogP contribution in [0.4, 0.5) is 5.82 Å². The largest absolute Gasteiger partial charge is 0.309 e. The normalized spacial score (nSPS) is 38.2. The summed E-state index contributed by atoms with van der Waals surface area (Å²) >= 11 is 0. The van der Waals surface area contributed by atoms with Crippen molar-refractivity contribution in [3.05, 3.63) is 11.3 Å². The molecule has 0 saturated heterocycles. The number of H-pyrrole nitrogens is 1. The zero-order valence-corrected chi connectivity index (χ0v) is 12.3. The van der Waals surface area contributed by atoms with Crippen molar-refractivity contribution >= 4 is 11.7 Å². The van der Waals surface area contributed by atoms with Crippen LogP contribution in [0.15, 0.2) is 0 Å². The van der Waals surface area contributed by atoms with E-state index >= 15 is 0 Å². The first-order valence-corrected chi connectivity index (χ1v) is 7.94. The maximum absolute atomic E-state index is 12.7. The van der Waals surface area contributed by atoms with E-state index in [1.165, 1.54) is 32.1 Å². The molecule has 5 rings (SSSR count). The molecule has 0 radical (unpaired) electrons. The minimum absolute atomic E-state index is 0.216. The SMILES string of the molecule is Cc1[nH]nc(NC(=O)C2C3CC4CC(C3)CC2C4)c1C. The highest BCUT2D eigenvalue weighted by Gasteiger charge is 2.50. The smallest absolute Gasteiger partial charge is 0.229 e. The highest BCUT2D eigenvalue weighted by atomic mass is 16.2. The maximum atomic E-state index is 12.7. The van der Waals surface area contributed by atoms with Crippen molar-refractivity contribution in [1.82, 2.24) is 10.2 Å². The van der Waals surface area contributed by atoms with Crippen molar-refractivity contribution in [1.29, 1.82) is 0 Å². The van der Waals surface area contributed by atoms with Crippen molar-refractivity contribution in [2.24, 2.45) is 29.6 Å². The Morgan fingerprint density at radius 3 is 2.20 bits per heavy atom. The van der Waals surface area contributed by atoms with Gasteiger partial charge in [-0.3, -0.25) is 9.89 Å². The number of nitrogens with zero attached hydrogens (tertiary/aromatic N) is 1. The van der Waals surface area contributed by atoms with Gasteiger partial charge in [0.15, 0.2) is 5.82 Å². The van der Waals surface area contributed by atoms with E-state index in [1.807, 2.05) is 13.8 Å². The van der Waals surface area contributed by atoms with Crippen molar-refractivity contribution in [2.75, 3.05) is 5.32 Å². The van der Waals surface area contributed by atoms with E-state index in [2.05, 4.69) is 15.5 Å². The van der Waals surface area contributed by atoms with Crippen LogP contribution in [0.3, 0.4) is 0 Å². The summed E-state index contributed by atoms with van der Waals surface area (Å²) in [5, 5.41) is 10.2. The molecule has 0 atom stereocenters. The summed E-state index contributed by atoms with van der Waals surface area (Å²) in [6.07, 6.45) is 6.56. The Balaban J connectivity index is 1.53. The molecule has 0 aliphatic heterocycles. The molecule has 1 heterocycles. The van der Waals surface area contributed by atoms with Gasteiger partial charge >= 0.3 is 0 Å². The molecule has 1 aromatic heterocycles. The molecule has 4 heteroatoms. The third-order valence-corrected chi connectivity index (χ3v) is 6.02. The van der Waals surface area contributed by atoms with Crippen molar-refractivity contribution in [2.45, 2.75) is 46.0 Å². The predicted molar refractivity (Wildman–Crippen MR) is 77.2 cm³/mol. The zero-order valence-electron chi connectivity index (χ0n) is 12.3. The number of aromatic nitrogens is 2. The van der Waals surface area contributed by atoms with Crippen LogP contribution in [0, 0.1) is 43.4 Å². The van der Waals surface area contributed by atoms with Crippen LogP contribution in [0.2, 0.25) is 0 Å². The monoisotopic (exact) mass is 273 g/mol. The maximum Gasteiger partial charge on any atom is 0.229 e. The summed E-state index contributed by atoms with van der Waals surface area (Å²) in [6.45, 7) is 3.99. The summed E-state index contributed by atoms with van der Waals surface area (Å²) in [6, 6.07) is 0. The summed E-state index contributed by atoms with van der Waals surface area (Å²) in [4.78, 5) is 12.7.